The first-order valence-corrected chi connectivity index (χ1v) is 25.4. The van der Waals surface area contributed by atoms with Gasteiger partial charge in [0.15, 0.2) is 17.5 Å². The minimum absolute atomic E-state index is 0.609. The van der Waals surface area contributed by atoms with E-state index in [4.69, 9.17) is 15.0 Å². The van der Waals surface area contributed by atoms with Crippen LogP contribution in [0.1, 0.15) is 0 Å². The zero-order valence-electron chi connectivity index (χ0n) is 40.6. The Kier molecular flexibility index (Phi) is 9.78. The van der Waals surface area contributed by atoms with E-state index in [-0.39, 0.29) is 0 Å². The van der Waals surface area contributed by atoms with Crippen LogP contribution in [0.2, 0.25) is 0 Å². The molecular weight excluding hydrogens is 913 g/mol. The van der Waals surface area contributed by atoms with E-state index in [0.29, 0.717) is 17.5 Å². The predicted molar refractivity (Wildman–Crippen MR) is 310 cm³/mol. The average Bonchev–Trinajstić information content (AvgIpc) is 4.19. The zero-order valence-corrected chi connectivity index (χ0v) is 40.6. The first kappa shape index (κ1) is 42.5. The van der Waals surface area contributed by atoms with Gasteiger partial charge >= 0.3 is 0 Å². The fraction of sp³-hybridized carbons (Fsp3) is 0. The molecule has 0 amide bonds. The summed E-state index contributed by atoms with van der Waals surface area (Å²) in [6, 6.07) is 93.1. The van der Waals surface area contributed by atoms with Crippen molar-refractivity contribution >= 4 is 65.3 Å². The number of fused-ring (bicyclic) bond motifs is 10. The first-order valence-electron chi connectivity index (χ1n) is 25.4. The summed E-state index contributed by atoms with van der Waals surface area (Å²) in [4.78, 5) is 15.4. The molecular formula is C69H44N6. The van der Waals surface area contributed by atoms with E-state index in [9.17, 15) is 0 Å². The highest BCUT2D eigenvalue weighted by molar-refractivity contribution is 6.28. The summed E-state index contributed by atoms with van der Waals surface area (Å²) in [7, 11) is 0. The topological polar surface area (TPSA) is 53.5 Å². The molecule has 0 spiro atoms. The summed E-state index contributed by atoms with van der Waals surface area (Å²) < 4.78 is 7.18. The summed E-state index contributed by atoms with van der Waals surface area (Å²) in [6.45, 7) is 0. The van der Waals surface area contributed by atoms with Crippen molar-refractivity contribution in [3.05, 3.63) is 267 Å². The van der Waals surface area contributed by atoms with Gasteiger partial charge in [0.2, 0.25) is 0 Å². The van der Waals surface area contributed by atoms with Crippen LogP contribution in [-0.4, -0.2) is 28.7 Å². The Morgan fingerprint density at radius 1 is 0.240 bits per heavy atom. The fourth-order valence-corrected chi connectivity index (χ4v) is 11.4. The van der Waals surface area contributed by atoms with Crippen molar-refractivity contribution in [3.8, 4) is 73.5 Å². The number of aromatic nitrogens is 6. The van der Waals surface area contributed by atoms with E-state index >= 15 is 0 Å². The summed E-state index contributed by atoms with van der Waals surface area (Å²) in [5.41, 5.74) is 16.4. The molecule has 0 N–H and O–H groups in total. The molecule has 11 aromatic carbocycles. The van der Waals surface area contributed by atoms with Crippen molar-refractivity contribution in [3.63, 3.8) is 0 Å². The van der Waals surface area contributed by atoms with Crippen molar-refractivity contribution < 1.29 is 0 Å². The molecule has 0 aliphatic rings. The molecule has 0 aliphatic heterocycles. The van der Waals surface area contributed by atoms with Crippen molar-refractivity contribution in [1.82, 2.24) is 28.7 Å². The van der Waals surface area contributed by atoms with Crippen LogP contribution < -0.4 is 0 Å². The van der Waals surface area contributed by atoms with Gasteiger partial charge in [-0.1, -0.05) is 194 Å². The lowest BCUT2D eigenvalue weighted by Gasteiger charge is -2.13. The third-order valence-corrected chi connectivity index (χ3v) is 14.9. The molecule has 0 aliphatic carbocycles. The SMILES string of the molecule is c1ccc(-c2ccc(-c3nc(-c4ccccc4)nc(-c4cccc(-n5c6ccccc6c6ccc(-n7ccc8c9c%10c%11ccccc%11ccc%10n(-c%10cccc(-c%11ccccc%11)c%10)c9ccc87)cc65)c4)n3)cc2)cc1. The Hall–Kier alpha value is -10.2. The van der Waals surface area contributed by atoms with Gasteiger partial charge < -0.3 is 13.7 Å². The van der Waals surface area contributed by atoms with Crippen LogP contribution in [0.5, 0.6) is 0 Å². The van der Waals surface area contributed by atoms with Crippen LogP contribution in [0.25, 0.3) is 139 Å². The fourth-order valence-electron chi connectivity index (χ4n) is 11.4. The van der Waals surface area contributed by atoms with E-state index in [1.54, 1.807) is 0 Å². The molecule has 6 heteroatoms. The minimum Gasteiger partial charge on any atom is -0.316 e. The molecule has 4 aromatic heterocycles. The summed E-state index contributed by atoms with van der Waals surface area (Å²) in [6.07, 6.45) is 2.24. The molecule has 15 rings (SSSR count). The molecule has 0 saturated heterocycles. The molecule has 0 unspecified atom stereocenters. The smallest absolute Gasteiger partial charge is 0.164 e. The Bertz CT molecular complexity index is 4680. The number of rotatable bonds is 8. The van der Waals surface area contributed by atoms with Gasteiger partial charge in [-0.3, -0.25) is 0 Å². The number of nitrogens with zero attached hydrogens (tertiary/aromatic N) is 6. The van der Waals surface area contributed by atoms with Crippen LogP contribution >= 0.6 is 0 Å². The lowest BCUT2D eigenvalue weighted by molar-refractivity contribution is 1.07. The Labute approximate surface area is 432 Å². The van der Waals surface area contributed by atoms with Crippen molar-refractivity contribution in [2.24, 2.45) is 0 Å². The van der Waals surface area contributed by atoms with Crippen LogP contribution in [-0.2, 0) is 0 Å². The van der Waals surface area contributed by atoms with E-state index in [2.05, 4.69) is 256 Å². The lowest BCUT2D eigenvalue weighted by atomic mass is 10.0. The largest absolute Gasteiger partial charge is 0.316 e. The predicted octanol–water partition coefficient (Wildman–Crippen LogP) is 17.5. The van der Waals surface area contributed by atoms with Crippen molar-refractivity contribution in [1.29, 1.82) is 0 Å². The summed E-state index contributed by atoms with van der Waals surface area (Å²) in [5, 5.41) is 8.55. The second kappa shape index (κ2) is 17.3. The standard InChI is InChI=1S/C69H44N6/c1-4-16-45(17-5-1)47-30-32-50(33-31-47)68-70-67(49-21-8-3-9-22-49)71-69(72-68)52-24-15-26-55(43-52)74-61-29-13-12-28-57(61)58-36-35-53(44-64(58)74)73-41-40-59-60(73)38-39-63-66(59)65-56-27-11-10-20-48(56)34-37-62(65)75(63)54-25-14-23-51(42-54)46-18-6-2-7-19-46/h1-44H. The van der Waals surface area contributed by atoms with Crippen LogP contribution in [0.15, 0.2) is 267 Å². The molecule has 0 radical (unpaired) electrons. The second-order valence-corrected chi connectivity index (χ2v) is 19.2. The monoisotopic (exact) mass is 956 g/mol. The highest BCUT2D eigenvalue weighted by Crippen LogP contribution is 2.43. The highest BCUT2D eigenvalue weighted by Gasteiger charge is 2.21. The third kappa shape index (κ3) is 7.07. The van der Waals surface area contributed by atoms with Gasteiger partial charge in [0.25, 0.3) is 0 Å². The minimum atomic E-state index is 0.609. The van der Waals surface area contributed by atoms with Crippen molar-refractivity contribution in [2.45, 2.75) is 0 Å². The zero-order chi connectivity index (χ0) is 49.4. The molecule has 0 fully saturated rings. The van der Waals surface area contributed by atoms with Gasteiger partial charge in [0.1, 0.15) is 0 Å². The summed E-state index contributed by atoms with van der Waals surface area (Å²) in [5.74, 6) is 1.86. The third-order valence-electron chi connectivity index (χ3n) is 14.9. The average molecular weight is 957 g/mol. The maximum absolute atomic E-state index is 5.18. The molecule has 0 saturated carbocycles. The molecule has 0 bridgehead atoms. The van der Waals surface area contributed by atoms with E-state index in [1.165, 1.54) is 59.9 Å². The van der Waals surface area contributed by atoms with Gasteiger partial charge in [-0.25, -0.2) is 15.0 Å². The molecule has 350 valence electrons. The van der Waals surface area contributed by atoms with Crippen molar-refractivity contribution in [2.75, 3.05) is 0 Å². The van der Waals surface area contributed by atoms with Gasteiger partial charge in [-0.15, -0.1) is 0 Å². The second-order valence-electron chi connectivity index (χ2n) is 19.2. The molecule has 0 atom stereocenters. The first-order chi connectivity index (χ1) is 37.2. The number of hydrogen-bond acceptors (Lipinski definition) is 3. The van der Waals surface area contributed by atoms with Crippen LogP contribution in [0.4, 0.5) is 0 Å². The van der Waals surface area contributed by atoms with Crippen LogP contribution in [0.3, 0.4) is 0 Å². The lowest BCUT2D eigenvalue weighted by Crippen LogP contribution is -2.01. The highest BCUT2D eigenvalue weighted by atomic mass is 15.0. The maximum atomic E-state index is 5.18. The number of hydrogen-bond donors (Lipinski definition) is 0. The summed E-state index contributed by atoms with van der Waals surface area (Å²) >= 11 is 0. The van der Waals surface area contributed by atoms with E-state index in [0.717, 1.165) is 61.4 Å². The number of para-hydroxylation sites is 1. The maximum Gasteiger partial charge on any atom is 0.164 e. The normalized spacial score (nSPS) is 11.7. The quantitative estimate of drug-likeness (QED) is 0.152. The van der Waals surface area contributed by atoms with E-state index < -0.39 is 0 Å². The van der Waals surface area contributed by atoms with E-state index in [1.807, 2.05) is 24.3 Å². The van der Waals surface area contributed by atoms with Gasteiger partial charge in [-0.05, 0) is 99.8 Å². The Balaban J connectivity index is 0.878. The van der Waals surface area contributed by atoms with Gasteiger partial charge in [0, 0.05) is 66.9 Å². The molecule has 4 heterocycles. The molecule has 75 heavy (non-hydrogen) atoms. The Morgan fingerprint density at radius 2 is 0.720 bits per heavy atom. The Morgan fingerprint density at radius 3 is 1.44 bits per heavy atom. The number of benzene rings is 11. The van der Waals surface area contributed by atoms with Gasteiger partial charge in [-0.2, -0.15) is 0 Å². The molecule has 15 aromatic rings. The molecule has 6 nitrogen and oxygen atoms in total. The van der Waals surface area contributed by atoms with Gasteiger partial charge in [0.05, 0.1) is 27.6 Å². The van der Waals surface area contributed by atoms with Crippen LogP contribution in [0, 0.1) is 0 Å².